The highest BCUT2D eigenvalue weighted by Gasteiger charge is 2.49. The monoisotopic (exact) mass is 1200 g/mol. The van der Waals surface area contributed by atoms with Gasteiger partial charge in [-0.2, -0.15) is 0 Å². The Labute approximate surface area is 514 Å². The Morgan fingerprint density at radius 2 is 1.13 bits per heavy atom. The van der Waals surface area contributed by atoms with Gasteiger partial charge in [-0.05, 0) is 250 Å². The molecular formula is C70H91ClF2N8O5. The summed E-state index contributed by atoms with van der Waals surface area (Å²) in [6.45, 7) is 18.5. The van der Waals surface area contributed by atoms with Crippen LogP contribution in [0.3, 0.4) is 0 Å². The molecule has 14 rings (SSSR count). The number of hydrogen-bond acceptors (Lipinski definition) is 10. The lowest BCUT2D eigenvalue weighted by Crippen LogP contribution is -2.52. The largest absolute Gasteiger partial charge is 0.450 e. The molecule has 2 bridgehead atoms. The Hall–Kier alpha value is -5.61. The fourth-order valence-corrected chi connectivity index (χ4v) is 17.6. The van der Waals surface area contributed by atoms with Crippen molar-refractivity contribution < 1.29 is 32.7 Å². The van der Waals surface area contributed by atoms with Crippen LogP contribution in [0.5, 0.6) is 0 Å². The van der Waals surface area contributed by atoms with Crippen LogP contribution in [0, 0.1) is 23.5 Å². The second kappa shape index (κ2) is 25.8. The first-order valence-electron chi connectivity index (χ1n) is 32.8. The van der Waals surface area contributed by atoms with E-state index in [1.54, 1.807) is 38.1 Å². The van der Waals surface area contributed by atoms with Crippen molar-refractivity contribution in [1.82, 2.24) is 19.6 Å². The molecule has 4 aromatic carbocycles. The third-order valence-corrected chi connectivity index (χ3v) is 22.4. The number of hydrogen-bond donors (Lipinski definition) is 1. The molecule has 3 spiro atoms. The molecule has 462 valence electrons. The van der Waals surface area contributed by atoms with Gasteiger partial charge in [-0.1, -0.05) is 47.8 Å². The smallest absolute Gasteiger partial charge is 0.409 e. The van der Waals surface area contributed by atoms with Crippen LogP contribution in [0.15, 0.2) is 84.0 Å². The molecule has 13 nitrogen and oxygen atoms in total. The summed E-state index contributed by atoms with van der Waals surface area (Å²) in [4.78, 5) is 55.4. The van der Waals surface area contributed by atoms with Gasteiger partial charge in [-0.25, -0.2) is 13.6 Å². The molecule has 7 fully saturated rings. The third kappa shape index (κ3) is 12.6. The number of carbonyl (C=O) groups excluding carboxylic acids is 3. The van der Waals surface area contributed by atoms with Crippen LogP contribution < -0.4 is 15.1 Å². The first-order chi connectivity index (χ1) is 41.6. The highest BCUT2D eigenvalue weighted by Crippen LogP contribution is 2.52. The molecule has 3 amide bonds. The Morgan fingerprint density at radius 1 is 0.581 bits per heavy atom. The minimum Gasteiger partial charge on any atom is -0.450 e. The van der Waals surface area contributed by atoms with E-state index in [1.807, 2.05) is 52.8 Å². The van der Waals surface area contributed by atoms with E-state index in [1.165, 1.54) is 92.7 Å². The number of ether oxygens (including phenoxy) is 1. The maximum absolute atomic E-state index is 14.0. The molecule has 3 aliphatic carbocycles. The summed E-state index contributed by atoms with van der Waals surface area (Å²) in [5.74, 6) is 1.74. The van der Waals surface area contributed by atoms with Gasteiger partial charge in [0.25, 0.3) is 0 Å². The van der Waals surface area contributed by atoms with Crippen LogP contribution in [-0.4, -0.2) is 147 Å². The number of carbonyl (C=O) groups is 3. The second-order valence-electron chi connectivity index (χ2n) is 27.0. The molecule has 3 saturated carbocycles. The molecule has 7 aliphatic heterocycles. The quantitative estimate of drug-likeness (QED) is 0.181. The van der Waals surface area contributed by atoms with Crippen LogP contribution in [0.1, 0.15) is 154 Å². The number of amides is 3. The van der Waals surface area contributed by atoms with Gasteiger partial charge in [0, 0.05) is 103 Å². The van der Waals surface area contributed by atoms with Crippen LogP contribution in [0.2, 0.25) is 5.02 Å². The molecule has 16 heteroatoms. The maximum Gasteiger partial charge on any atom is 0.409 e. The number of piperidine rings is 4. The number of likely N-dealkylation sites (tertiary alicyclic amines) is 4. The predicted octanol–water partition coefficient (Wildman–Crippen LogP) is 13.4. The van der Waals surface area contributed by atoms with E-state index >= 15 is 0 Å². The lowest BCUT2D eigenvalue weighted by atomic mass is 9.73. The van der Waals surface area contributed by atoms with Gasteiger partial charge in [0.1, 0.15) is 18.2 Å². The van der Waals surface area contributed by atoms with Crippen molar-refractivity contribution in [2.24, 2.45) is 17.0 Å². The number of benzene rings is 4. The standard InChI is InChI=1S/C28H34FN3O3.C22H30FN3O2.C20H27ClN2/c1-3-35-27(34)31-13-9-24(10-14-31)30-15-11-28(12-16-30)19-32(20(2)33)26-8-7-22(18-25(26)28)21-5-4-6-23(29)17-21;1-3-28-24-18-5-7-19(8-6-18)25-12-10-22(11-13-25)15-26(16(2)27)21-9-4-17(23)14-20(21)22;21-16-3-4-19-18(12-16)20(13-22-19)5-7-23(8-6-20)17-10-14-1-2-15(9-14)11-17/h4-8,17-18,24H,3,9-16,19H2,1-2H3;4,9,14,19H,3,5-8,10-13,15H2,1-2H3;3-4,12,14-15,17,22H,1-2,5-11,13H2. The van der Waals surface area contributed by atoms with Gasteiger partial charge < -0.3 is 44.3 Å². The molecule has 2 atom stereocenters. The summed E-state index contributed by atoms with van der Waals surface area (Å²) in [6.07, 6.45) is 20.0. The number of nitrogens with zero attached hydrogens (tertiary/aromatic N) is 7. The van der Waals surface area contributed by atoms with Crippen molar-refractivity contribution in [1.29, 1.82) is 0 Å². The number of nitrogens with one attached hydrogen (secondary N) is 1. The Morgan fingerprint density at radius 3 is 1.71 bits per heavy atom. The first-order valence-corrected chi connectivity index (χ1v) is 33.1. The number of anilines is 3. The summed E-state index contributed by atoms with van der Waals surface area (Å²) in [7, 11) is 0. The Balaban J connectivity index is 0.000000129. The lowest BCUT2D eigenvalue weighted by molar-refractivity contribution is -0.117. The minimum atomic E-state index is -0.245. The maximum atomic E-state index is 14.0. The van der Waals surface area contributed by atoms with Crippen molar-refractivity contribution >= 4 is 52.3 Å². The van der Waals surface area contributed by atoms with Crippen molar-refractivity contribution in [2.45, 2.75) is 171 Å². The van der Waals surface area contributed by atoms with Crippen molar-refractivity contribution in [3.05, 3.63) is 112 Å². The highest BCUT2D eigenvalue weighted by molar-refractivity contribution is 6.30. The Bertz CT molecular complexity index is 3110. The lowest BCUT2D eigenvalue weighted by Gasteiger charge is -2.45. The third-order valence-electron chi connectivity index (χ3n) is 22.2. The average Bonchev–Trinajstić information content (AvgIpc) is 1.69. The second-order valence-corrected chi connectivity index (χ2v) is 27.4. The molecule has 0 radical (unpaired) electrons. The van der Waals surface area contributed by atoms with E-state index in [-0.39, 0.29) is 40.4 Å². The number of rotatable bonds is 7. The van der Waals surface area contributed by atoms with Gasteiger partial charge in [0.05, 0.1) is 12.3 Å². The molecule has 4 aromatic rings. The van der Waals surface area contributed by atoms with E-state index in [0.717, 1.165) is 161 Å². The van der Waals surface area contributed by atoms with E-state index in [2.05, 4.69) is 43.4 Å². The van der Waals surface area contributed by atoms with E-state index in [9.17, 15) is 23.2 Å². The van der Waals surface area contributed by atoms with E-state index < -0.39 is 0 Å². The number of oxime groups is 1. The van der Waals surface area contributed by atoms with Crippen molar-refractivity contribution in [2.75, 3.05) is 100 Å². The summed E-state index contributed by atoms with van der Waals surface area (Å²) < 4.78 is 33.0. The topological polar surface area (TPSA) is 113 Å². The summed E-state index contributed by atoms with van der Waals surface area (Å²) >= 11 is 6.28. The number of fused-ring (bicyclic) bond motifs is 8. The molecule has 4 saturated heterocycles. The Kier molecular flexibility index (Phi) is 18.2. The molecule has 1 N–H and O–H groups in total. The summed E-state index contributed by atoms with van der Waals surface area (Å²) in [5.41, 5.74) is 10.1. The van der Waals surface area contributed by atoms with Gasteiger partial charge in [0.2, 0.25) is 11.8 Å². The van der Waals surface area contributed by atoms with Gasteiger partial charge in [-0.15, -0.1) is 0 Å². The molecule has 2 unspecified atom stereocenters. The van der Waals surface area contributed by atoms with E-state index in [0.29, 0.717) is 43.8 Å². The molecule has 0 aromatic heterocycles. The fraction of sp³-hybridized carbons (Fsp3) is 0.600. The highest BCUT2D eigenvalue weighted by atomic mass is 35.5. The summed E-state index contributed by atoms with van der Waals surface area (Å²) in [6, 6.07) is 26.1. The molecular weight excluding hydrogens is 1110 g/mol. The summed E-state index contributed by atoms with van der Waals surface area (Å²) in [5, 5.41) is 8.74. The molecule has 7 heterocycles. The normalized spacial score (nSPS) is 25.6. The van der Waals surface area contributed by atoms with Crippen molar-refractivity contribution in [3.63, 3.8) is 0 Å². The number of halogens is 3. The van der Waals surface area contributed by atoms with Gasteiger partial charge in [-0.3, -0.25) is 9.59 Å². The van der Waals surface area contributed by atoms with Crippen LogP contribution in [0.25, 0.3) is 11.1 Å². The zero-order chi connectivity index (χ0) is 59.7. The van der Waals surface area contributed by atoms with E-state index in [4.69, 9.17) is 21.2 Å². The zero-order valence-corrected chi connectivity index (χ0v) is 52.2. The molecule has 86 heavy (non-hydrogen) atoms. The van der Waals surface area contributed by atoms with Crippen LogP contribution in [-0.2, 0) is 35.4 Å². The SMILES string of the molecule is CCOC(=O)N1CCC(N2CCC3(CC2)CN(C(C)=O)c2ccc(-c4cccc(F)c4)cc23)CC1.CCON=C1CCC(N2CCC3(CC2)CN(C(C)=O)c2ccc(F)cc23)CC1.Clc1ccc2c(c1)C1(CCN(C3CC4CCC(C4)C3)CC1)CN2. The van der Waals surface area contributed by atoms with Crippen LogP contribution >= 0.6 is 11.6 Å². The van der Waals surface area contributed by atoms with Gasteiger partial charge >= 0.3 is 6.09 Å². The molecule has 10 aliphatic rings. The van der Waals surface area contributed by atoms with Crippen LogP contribution in [0.4, 0.5) is 30.6 Å². The predicted molar refractivity (Wildman–Crippen MR) is 338 cm³/mol. The first kappa shape index (κ1) is 60.7. The fourth-order valence-electron chi connectivity index (χ4n) is 17.4. The zero-order valence-electron chi connectivity index (χ0n) is 51.4. The van der Waals surface area contributed by atoms with Gasteiger partial charge in [0.15, 0.2) is 0 Å². The minimum absolute atomic E-state index is 0.0422. The van der Waals surface area contributed by atoms with Crippen molar-refractivity contribution in [3.8, 4) is 11.1 Å². The average molecular weight is 1200 g/mol.